The third kappa shape index (κ3) is 14.7. The molecule has 0 aliphatic heterocycles. The van der Waals surface area contributed by atoms with Crippen molar-refractivity contribution >= 4 is 0 Å². The summed E-state index contributed by atoms with van der Waals surface area (Å²) in [4.78, 5) is 0. The Kier molecular flexibility index (Phi) is 18.6. The van der Waals surface area contributed by atoms with Gasteiger partial charge in [-0.25, -0.2) is 0 Å². The van der Waals surface area contributed by atoms with Gasteiger partial charge in [-0.1, -0.05) is 73.1 Å². The van der Waals surface area contributed by atoms with Crippen LogP contribution < -0.4 is 0 Å². The van der Waals surface area contributed by atoms with Crippen LogP contribution in [0.1, 0.15) is 92.4 Å². The van der Waals surface area contributed by atoms with E-state index in [1.807, 2.05) is 0 Å². The number of ether oxygens (including phenoxy) is 3. The zero-order chi connectivity index (χ0) is 18.8. The minimum absolute atomic E-state index is 0.0762. The molecule has 0 aromatic carbocycles. The summed E-state index contributed by atoms with van der Waals surface area (Å²) >= 11 is 0. The van der Waals surface area contributed by atoms with Crippen molar-refractivity contribution in [3.63, 3.8) is 0 Å². The minimum atomic E-state index is 0.0762. The first-order chi connectivity index (χ1) is 12.2. The number of unbranched alkanes of at least 4 members (excludes halogenated alkanes) is 2. The van der Waals surface area contributed by atoms with E-state index in [1.165, 1.54) is 51.4 Å². The summed E-state index contributed by atoms with van der Waals surface area (Å²) in [5.74, 6) is 1.37. The molecule has 0 saturated heterocycles. The first-order valence-electron chi connectivity index (χ1n) is 11.0. The van der Waals surface area contributed by atoms with Gasteiger partial charge in [-0.2, -0.15) is 0 Å². The van der Waals surface area contributed by atoms with E-state index >= 15 is 0 Å². The summed E-state index contributed by atoms with van der Waals surface area (Å²) in [6.07, 6.45) is 11.2. The highest BCUT2D eigenvalue weighted by Gasteiger charge is 2.14. The smallest absolute Gasteiger partial charge is 0.104 e. The number of hydrogen-bond donors (Lipinski definition) is 0. The summed E-state index contributed by atoms with van der Waals surface area (Å²) in [7, 11) is 0. The van der Waals surface area contributed by atoms with E-state index in [1.54, 1.807) is 0 Å². The summed E-state index contributed by atoms with van der Waals surface area (Å²) in [6, 6.07) is 0. The highest BCUT2D eigenvalue weighted by atomic mass is 16.6. The predicted octanol–water partition coefficient (Wildman–Crippen LogP) is 6.25. The molecule has 2 atom stereocenters. The lowest BCUT2D eigenvalue weighted by atomic mass is 10.0. The number of rotatable bonds is 19. The molecule has 2 unspecified atom stereocenters. The maximum atomic E-state index is 5.99. The fraction of sp³-hybridized carbons (Fsp3) is 1.00. The third-order valence-electron chi connectivity index (χ3n) is 4.96. The molecule has 0 N–H and O–H groups in total. The Bertz CT molecular complexity index is 236. The molecule has 0 radical (unpaired) electrons. The van der Waals surface area contributed by atoms with Gasteiger partial charge in [-0.3, -0.25) is 0 Å². The van der Waals surface area contributed by atoms with Crippen LogP contribution in [0.2, 0.25) is 0 Å². The molecule has 0 heterocycles. The minimum Gasteiger partial charge on any atom is -0.378 e. The fourth-order valence-electron chi connectivity index (χ4n) is 2.96. The summed E-state index contributed by atoms with van der Waals surface area (Å²) < 4.78 is 17.9. The summed E-state index contributed by atoms with van der Waals surface area (Å²) in [5.41, 5.74) is 0. The highest BCUT2D eigenvalue weighted by Crippen LogP contribution is 2.15. The summed E-state index contributed by atoms with van der Waals surface area (Å²) in [6.45, 7) is 15.0. The Morgan fingerprint density at radius 1 is 0.600 bits per heavy atom. The Morgan fingerprint density at radius 3 is 1.44 bits per heavy atom. The SMILES string of the molecule is CCCCC(CC)COCC(COCC(CC)CCCC)OCCC. The molecule has 0 amide bonds. The lowest BCUT2D eigenvalue weighted by molar-refractivity contribution is -0.0697. The molecule has 0 aromatic heterocycles. The van der Waals surface area contributed by atoms with Crippen molar-refractivity contribution in [2.75, 3.05) is 33.0 Å². The van der Waals surface area contributed by atoms with Crippen molar-refractivity contribution in [1.82, 2.24) is 0 Å². The molecule has 0 aromatic rings. The monoisotopic (exact) mass is 358 g/mol. The van der Waals surface area contributed by atoms with Crippen molar-refractivity contribution in [3.8, 4) is 0 Å². The fourth-order valence-corrected chi connectivity index (χ4v) is 2.96. The second-order valence-corrected chi connectivity index (χ2v) is 7.40. The van der Waals surface area contributed by atoms with Crippen LogP contribution in [0.15, 0.2) is 0 Å². The van der Waals surface area contributed by atoms with Crippen LogP contribution in [0.25, 0.3) is 0 Å². The molecule has 152 valence electrons. The van der Waals surface area contributed by atoms with Gasteiger partial charge in [0, 0.05) is 19.8 Å². The zero-order valence-electron chi connectivity index (χ0n) is 17.9. The summed E-state index contributed by atoms with van der Waals surface area (Å²) in [5, 5.41) is 0. The van der Waals surface area contributed by atoms with Crippen LogP contribution in [0.5, 0.6) is 0 Å². The Labute approximate surface area is 158 Å². The average molecular weight is 359 g/mol. The number of hydrogen-bond acceptors (Lipinski definition) is 3. The van der Waals surface area contributed by atoms with Crippen LogP contribution in [0, 0.1) is 11.8 Å². The molecule has 0 spiro atoms. The maximum absolute atomic E-state index is 5.99. The van der Waals surface area contributed by atoms with E-state index in [2.05, 4.69) is 34.6 Å². The van der Waals surface area contributed by atoms with Crippen molar-refractivity contribution < 1.29 is 14.2 Å². The molecule has 0 aliphatic carbocycles. The molecule has 0 rings (SSSR count). The van der Waals surface area contributed by atoms with Gasteiger partial charge < -0.3 is 14.2 Å². The van der Waals surface area contributed by atoms with Gasteiger partial charge in [-0.15, -0.1) is 0 Å². The van der Waals surface area contributed by atoms with Crippen LogP contribution in [-0.4, -0.2) is 39.1 Å². The molecular formula is C22H46O3. The van der Waals surface area contributed by atoms with Gasteiger partial charge in [0.15, 0.2) is 0 Å². The van der Waals surface area contributed by atoms with Crippen LogP contribution >= 0.6 is 0 Å². The normalized spacial score (nSPS) is 15.2. The topological polar surface area (TPSA) is 27.7 Å². The quantitative estimate of drug-likeness (QED) is 0.273. The molecular weight excluding hydrogens is 312 g/mol. The van der Waals surface area contributed by atoms with Crippen molar-refractivity contribution in [2.24, 2.45) is 11.8 Å². The highest BCUT2D eigenvalue weighted by molar-refractivity contribution is 4.61. The van der Waals surface area contributed by atoms with Gasteiger partial charge in [0.25, 0.3) is 0 Å². The van der Waals surface area contributed by atoms with Crippen molar-refractivity contribution in [3.05, 3.63) is 0 Å². The van der Waals surface area contributed by atoms with E-state index in [0.29, 0.717) is 25.0 Å². The average Bonchev–Trinajstić information content (AvgIpc) is 2.64. The Morgan fingerprint density at radius 2 is 1.08 bits per heavy atom. The Balaban J connectivity index is 4.08. The lowest BCUT2D eigenvalue weighted by Crippen LogP contribution is -2.28. The maximum Gasteiger partial charge on any atom is 0.104 e. The van der Waals surface area contributed by atoms with E-state index < -0.39 is 0 Å². The first-order valence-corrected chi connectivity index (χ1v) is 11.0. The van der Waals surface area contributed by atoms with E-state index in [-0.39, 0.29) is 6.10 Å². The van der Waals surface area contributed by atoms with Gasteiger partial charge in [0.05, 0.1) is 13.2 Å². The standard InChI is InChI=1S/C22H46O3/c1-6-11-13-20(9-4)16-23-18-22(25-15-8-3)19-24-17-21(10-5)14-12-7-2/h20-22H,6-19H2,1-5H3. The predicted molar refractivity (Wildman–Crippen MR) is 108 cm³/mol. The van der Waals surface area contributed by atoms with Crippen LogP contribution in [0.4, 0.5) is 0 Å². The molecule has 0 aliphatic rings. The van der Waals surface area contributed by atoms with Gasteiger partial charge >= 0.3 is 0 Å². The van der Waals surface area contributed by atoms with Crippen molar-refractivity contribution in [2.45, 2.75) is 98.5 Å². The molecule has 3 nitrogen and oxygen atoms in total. The van der Waals surface area contributed by atoms with E-state index in [4.69, 9.17) is 14.2 Å². The van der Waals surface area contributed by atoms with E-state index in [0.717, 1.165) is 26.2 Å². The lowest BCUT2D eigenvalue weighted by Gasteiger charge is -2.22. The first kappa shape index (κ1) is 24.9. The van der Waals surface area contributed by atoms with E-state index in [9.17, 15) is 0 Å². The van der Waals surface area contributed by atoms with Crippen molar-refractivity contribution in [1.29, 1.82) is 0 Å². The zero-order valence-corrected chi connectivity index (χ0v) is 17.9. The Hall–Kier alpha value is -0.120. The second kappa shape index (κ2) is 18.7. The second-order valence-electron chi connectivity index (χ2n) is 7.40. The van der Waals surface area contributed by atoms with Crippen LogP contribution in [0.3, 0.4) is 0 Å². The van der Waals surface area contributed by atoms with Crippen LogP contribution in [-0.2, 0) is 14.2 Å². The molecule has 3 heteroatoms. The molecule has 25 heavy (non-hydrogen) atoms. The molecule has 0 bridgehead atoms. The van der Waals surface area contributed by atoms with Gasteiger partial charge in [0.2, 0.25) is 0 Å². The largest absolute Gasteiger partial charge is 0.378 e. The third-order valence-corrected chi connectivity index (χ3v) is 4.96. The molecule has 0 fully saturated rings. The van der Waals surface area contributed by atoms with Gasteiger partial charge in [-0.05, 0) is 31.1 Å². The van der Waals surface area contributed by atoms with Gasteiger partial charge in [0.1, 0.15) is 6.10 Å². The molecule has 0 saturated carbocycles.